The SMILES string of the molecule is CCc1ccc(-c2ccc(F)cc2CNC)cc1. The zero-order valence-electron chi connectivity index (χ0n) is 10.8. The molecule has 0 heterocycles. The highest BCUT2D eigenvalue weighted by atomic mass is 19.1. The second kappa shape index (κ2) is 5.78. The van der Waals surface area contributed by atoms with Crippen LogP contribution in [0.25, 0.3) is 11.1 Å². The van der Waals surface area contributed by atoms with Gasteiger partial charge in [-0.3, -0.25) is 0 Å². The maximum atomic E-state index is 13.3. The van der Waals surface area contributed by atoms with Crippen LogP contribution in [0.15, 0.2) is 42.5 Å². The third-order valence-electron chi connectivity index (χ3n) is 3.11. The first-order valence-corrected chi connectivity index (χ1v) is 6.27. The molecule has 0 aliphatic carbocycles. The van der Waals surface area contributed by atoms with E-state index in [1.165, 1.54) is 11.6 Å². The molecule has 94 valence electrons. The Labute approximate surface area is 108 Å². The standard InChI is InChI=1S/C16H18FN/c1-3-12-4-6-13(7-5-12)16-9-8-15(17)10-14(16)11-18-2/h4-10,18H,3,11H2,1-2H3. The lowest BCUT2D eigenvalue weighted by Crippen LogP contribution is -2.06. The van der Waals surface area contributed by atoms with E-state index in [9.17, 15) is 4.39 Å². The summed E-state index contributed by atoms with van der Waals surface area (Å²) in [5.41, 5.74) is 4.53. The maximum absolute atomic E-state index is 13.3. The van der Waals surface area contributed by atoms with Crippen LogP contribution in [0, 0.1) is 5.82 Å². The van der Waals surface area contributed by atoms with Gasteiger partial charge in [0.25, 0.3) is 0 Å². The number of rotatable bonds is 4. The average Bonchev–Trinajstić information content (AvgIpc) is 2.40. The van der Waals surface area contributed by atoms with E-state index in [-0.39, 0.29) is 5.82 Å². The molecule has 0 aliphatic rings. The van der Waals surface area contributed by atoms with Crippen molar-refractivity contribution in [3.05, 3.63) is 59.4 Å². The summed E-state index contributed by atoms with van der Waals surface area (Å²) >= 11 is 0. The summed E-state index contributed by atoms with van der Waals surface area (Å²) in [4.78, 5) is 0. The molecule has 0 fully saturated rings. The number of aryl methyl sites for hydroxylation is 1. The minimum atomic E-state index is -0.186. The van der Waals surface area contributed by atoms with E-state index in [0.29, 0.717) is 6.54 Å². The van der Waals surface area contributed by atoms with Gasteiger partial charge in [0.2, 0.25) is 0 Å². The van der Waals surface area contributed by atoms with Gasteiger partial charge in [-0.05, 0) is 47.9 Å². The molecule has 0 saturated carbocycles. The Kier molecular flexibility index (Phi) is 4.11. The van der Waals surface area contributed by atoms with Gasteiger partial charge in [-0.1, -0.05) is 37.3 Å². The number of benzene rings is 2. The minimum Gasteiger partial charge on any atom is -0.316 e. The molecule has 2 rings (SSSR count). The molecule has 2 aromatic carbocycles. The molecule has 0 aromatic heterocycles. The van der Waals surface area contributed by atoms with Gasteiger partial charge in [0.05, 0.1) is 0 Å². The second-order valence-electron chi connectivity index (χ2n) is 4.38. The molecule has 0 amide bonds. The number of hydrogen-bond donors (Lipinski definition) is 1. The second-order valence-corrected chi connectivity index (χ2v) is 4.38. The van der Waals surface area contributed by atoms with Gasteiger partial charge in [0.15, 0.2) is 0 Å². The Hall–Kier alpha value is -1.67. The quantitative estimate of drug-likeness (QED) is 0.861. The predicted octanol–water partition coefficient (Wildman–Crippen LogP) is 3.77. The van der Waals surface area contributed by atoms with Crippen LogP contribution in [0.2, 0.25) is 0 Å². The minimum absolute atomic E-state index is 0.186. The molecule has 2 heteroatoms. The molecule has 1 nitrogen and oxygen atoms in total. The first-order chi connectivity index (χ1) is 8.74. The normalized spacial score (nSPS) is 10.6. The molecule has 0 radical (unpaired) electrons. The molecule has 0 bridgehead atoms. The summed E-state index contributed by atoms with van der Waals surface area (Å²) in [7, 11) is 1.87. The van der Waals surface area contributed by atoms with Crippen molar-refractivity contribution in [3.63, 3.8) is 0 Å². The van der Waals surface area contributed by atoms with Gasteiger partial charge in [-0.2, -0.15) is 0 Å². The first kappa shape index (κ1) is 12.8. The predicted molar refractivity (Wildman–Crippen MR) is 74.0 cm³/mol. The van der Waals surface area contributed by atoms with Crippen molar-refractivity contribution in [3.8, 4) is 11.1 Å². The van der Waals surface area contributed by atoms with E-state index in [4.69, 9.17) is 0 Å². The molecule has 0 atom stereocenters. The molecule has 18 heavy (non-hydrogen) atoms. The van der Waals surface area contributed by atoms with E-state index in [1.807, 2.05) is 13.1 Å². The van der Waals surface area contributed by atoms with Crippen LogP contribution in [-0.4, -0.2) is 7.05 Å². The lowest BCUT2D eigenvalue weighted by molar-refractivity contribution is 0.624. The maximum Gasteiger partial charge on any atom is 0.123 e. The van der Waals surface area contributed by atoms with E-state index in [1.54, 1.807) is 6.07 Å². The van der Waals surface area contributed by atoms with Crippen molar-refractivity contribution >= 4 is 0 Å². The van der Waals surface area contributed by atoms with Gasteiger partial charge in [-0.15, -0.1) is 0 Å². The summed E-state index contributed by atoms with van der Waals surface area (Å²) in [6, 6.07) is 13.4. The van der Waals surface area contributed by atoms with Crippen molar-refractivity contribution in [1.29, 1.82) is 0 Å². The fourth-order valence-electron chi connectivity index (χ4n) is 2.10. The van der Waals surface area contributed by atoms with Crippen molar-refractivity contribution < 1.29 is 4.39 Å². The summed E-state index contributed by atoms with van der Waals surface area (Å²) in [5, 5.41) is 3.08. The van der Waals surface area contributed by atoms with E-state index in [2.05, 4.69) is 36.5 Å². The number of halogens is 1. The Bertz CT molecular complexity index is 517. The summed E-state index contributed by atoms with van der Waals surface area (Å²) in [6.07, 6.45) is 1.03. The Balaban J connectivity index is 2.41. The van der Waals surface area contributed by atoms with Crippen molar-refractivity contribution in [2.45, 2.75) is 19.9 Å². The Morgan fingerprint density at radius 1 is 1.06 bits per heavy atom. The molecular weight excluding hydrogens is 225 g/mol. The molecule has 0 aliphatic heterocycles. The van der Waals surface area contributed by atoms with Gasteiger partial charge in [-0.25, -0.2) is 4.39 Å². The van der Waals surface area contributed by atoms with Crippen LogP contribution in [0.5, 0.6) is 0 Å². The Morgan fingerprint density at radius 2 is 1.78 bits per heavy atom. The summed E-state index contributed by atoms with van der Waals surface area (Å²) in [5.74, 6) is -0.186. The van der Waals surface area contributed by atoms with Gasteiger partial charge < -0.3 is 5.32 Å². The van der Waals surface area contributed by atoms with Crippen LogP contribution in [-0.2, 0) is 13.0 Å². The fraction of sp³-hybridized carbons (Fsp3) is 0.250. The lowest BCUT2D eigenvalue weighted by Gasteiger charge is -2.10. The highest BCUT2D eigenvalue weighted by molar-refractivity contribution is 5.67. The average molecular weight is 243 g/mol. The van der Waals surface area contributed by atoms with Crippen molar-refractivity contribution in [1.82, 2.24) is 5.32 Å². The van der Waals surface area contributed by atoms with Crippen LogP contribution in [0.3, 0.4) is 0 Å². The zero-order valence-corrected chi connectivity index (χ0v) is 10.8. The third kappa shape index (κ3) is 2.77. The fourth-order valence-corrected chi connectivity index (χ4v) is 2.10. The number of hydrogen-bond acceptors (Lipinski definition) is 1. The van der Waals surface area contributed by atoms with E-state index >= 15 is 0 Å². The largest absolute Gasteiger partial charge is 0.316 e. The molecule has 0 saturated heterocycles. The van der Waals surface area contributed by atoms with Gasteiger partial charge >= 0.3 is 0 Å². The van der Waals surface area contributed by atoms with E-state index in [0.717, 1.165) is 23.1 Å². The number of nitrogens with one attached hydrogen (secondary N) is 1. The molecule has 1 N–H and O–H groups in total. The molecule has 0 spiro atoms. The van der Waals surface area contributed by atoms with E-state index < -0.39 is 0 Å². The highest BCUT2D eigenvalue weighted by Gasteiger charge is 2.06. The monoisotopic (exact) mass is 243 g/mol. The van der Waals surface area contributed by atoms with Crippen LogP contribution in [0.1, 0.15) is 18.1 Å². The van der Waals surface area contributed by atoms with Gasteiger partial charge in [0.1, 0.15) is 5.82 Å². The Morgan fingerprint density at radius 3 is 2.39 bits per heavy atom. The van der Waals surface area contributed by atoms with Gasteiger partial charge in [0, 0.05) is 6.54 Å². The third-order valence-corrected chi connectivity index (χ3v) is 3.11. The van der Waals surface area contributed by atoms with Crippen LogP contribution < -0.4 is 5.32 Å². The van der Waals surface area contributed by atoms with Crippen molar-refractivity contribution in [2.24, 2.45) is 0 Å². The molecule has 0 unspecified atom stereocenters. The first-order valence-electron chi connectivity index (χ1n) is 6.27. The summed E-state index contributed by atoms with van der Waals surface area (Å²) < 4.78 is 13.3. The van der Waals surface area contributed by atoms with Crippen LogP contribution in [0.4, 0.5) is 4.39 Å². The molecule has 2 aromatic rings. The lowest BCUT2D eigenvalue weighted by atomic mass is 9.98. The topological polar surface area (TPSA) is 12.0 Å². The van der Waals surface area contributed by atoms with Crippen LogP contribution >= 0.6 is 0 Å². The molecular formula is C16H18FN. The zero-order chi connectivity index (χ0) is 13.0. The smallest absolute Gasteiger partial charge is 0.123 e. The summed E-state index contributed by atoms with van der Waals surface area (Å²) in [6.45, 7) is 2.81. The highest BCUT2D eigenvalue weighted by Crippen LogP contribution is 2.25. The van der Waals surface area contributed by atoms with Crippen molar-refractivity contribution in [2.75, 3.05) is 7.05 Å².